The van der Waals surface area contributed by atoms with E-state index in [1.54, 1.807) is 0 Å². The summed E-state index contributed by atoms with van der Waals surface area (Å²) in [5.41, 5.74) is 0. The predicted octanol–water partition coefficient (Wildman–Crippen LogP) is 22.9. The molecular weight excluding hydrogens is 1260 g/mol. The lowest BCUT2D eigenvalue weighted by atomic mass is 10.0. The summed E-state index contributed by atoms with van der Waals surface area (Å²) in [4.78, 5) is 72.9. The minimum Gasteiger partial charge on any atom is -0.462 e. The molecule has 5 atom stereocenters. The first-order chi connectivity index (χ1) is 46.5. The number of ether oxygens (including phenoxy) is 4. The average Bonchev–Trinajstić information content (AvgIpc) is 2.00. The maximum Gasteiger partial charge on any atom is 0.472 e. The standard InChI is InChI=1S/C77H150O17P2/c1-6-9-12-15-18-21-24-27-28-29-30-31-32-34-37-42-47-52-57-62-76(81)93-72(66-88-75(80)61-56-51-46-41-36-33-25-22-19-16-13-10-7-2)68-91-95(83,84)89-64-71(78)65-90-96(85,86)92-69-73(94-77(82)63-58-53-48-43-38-39-44-49-54-59-70(4)5)67-87-74(79)60-55-50-45-40-35-26-23-20-17-14-11-8-3/h70-73,78H,6-69H2,1-5H3,(H,83,84)(H,85,86)/t71-,72-,73-/m1/s1. The lowest BCUT2D eigenvalue weighted by Crippen LogP contribution is -2.30. The third kappa shape index (κ3) is 70.5. The zero-order chi connectivity index (χ0) is 70.5. The minimum absolute atomic E-state index is 0.106. The molecule has 0 aromatic carbocycles. The van der Waals surface area contributed by atoms with Gasteiger partial charge in [-0.3, -0.25) is 37.3 Å². The smallest absolute Gasteiger partial charge is 0.462 e. The molecule has 0 fully saturated rings. The lowest BCUT2D eigenvalue weighted by Gasteiger charge is -2.21. The first-order valence-electron chi connectivity index (χ1n) is 40.1. The second-order valence-electron chi connectivity index (χ2n) is 28.2. The summed E-state index contributed by atoms with van der Waals surface area (Å²) in [6.45, 7) is 7.28. The molecule has 0 rings (SSSR count). The number of unbranched alkanes of at least 4 members (excludes halogenated alkanes) is 49. The molecule has 96 heavy (non-hydrogen) atoms. The van der Waals surface area contributed by atoms with E-state index in [0.29, 0.717) is 25.7 Å². The van der Waals surface area contributed by atoms with E-state index in [0.717, 1.165) is 95.8 Å². The summed E-state index contributed by atoms with van der Waals surface area (Å²) < 4.78 is 68.6. The summed E-state index contributed by atoms with van der Waals surface area (Å²) in [6, 6.07) is 0. The molecule has 3 N–H and O–H groups in total. The van der Waals surface area contributed by atoms with Crippen molar-refractivity contribution in [3.63, 3.8) is 0 Å². The van der Waals surface area contributed by atoms with Crippen LogP contribution in [-0.4, -0.2) is 96.7 Å². The maximum absolute atomic E-state index is 13.1. The van der Waals surface area contributed by atoms with Crippen molar-refractivity contribution >= 4 is 39.5 Å². The summed E-state index contributed by atoms with van der Waals surface area (Å²) in [5, 5.41) is 10.6. The van der Waals surface area contributed by atoms with E-state index in [9.17, 15) is 43.2 Å². The normalized spacial score (nSPS) is 13.9. The number of aliphatic hydroxyl groups excluding tert-OH is 1. The van der Waals surface area contributed by atoms with Crippen LogP contribution in [0.25, 0.3) is 0 Å². The zero-order valence-electron chi connectivity index (χ0n) is 62.5. The Morgan fingerprint density at radius 2 is 0.479 bits per heavy atom. The van der Waals surface area contributed by atoms with E-state index in [4.69, 9.17) is 37.0 Å². The fraction of sp³-hybridized carbons (Fsp3) is 0.948. The molecular formula is C77H150O17P2. The van der Waals surface area contributed by atoms with Crippen LogP contribution in [-0.2, 0) is 65.4 Å². The van der Waals surface area contributed by atoms with Gasteiger partial charge in [-0.15, -0.1) is 0 Å². The highest BCUT2D eigenvalue weighted by Gasteiger charge is 2.30. The van der Waals surface area contributed by atoms with Gasteiger partial charge in [0.1, 0.15) is 19.3 Å². The summed E-state index contributed by atoms with van der Waals surface area (Å²) in [6.07, 6.45) is 59.6. The number of phosphoric ester groups is 2. The van der Waals surface area contributed by atoms with Crippen LogP contribution in [0.1, 0.15) is 407 Å². The van der Waals surface area contributed by atoms with Crippen LogP contribution in [0.5, 0.6) is 0 Å². The molecule has 0 aliphatic carbocycles. The van der Waals surface area contributed by atoms with Gasteiger partial charge in [0, 0.05) is 25.7 Å². The van der Waals surface area contributed by atoms with Crippen molar-refractivity contribution in [2.45, 2.75) is 425 Å². The molecule has 19 heteroatoms. The SMILES string of the molecule is CCCCCCCCCCCCCCCCCCCCCC(=O)O[C@H](COC(=O)CCCCCCCCCCCCCCC)COP(=O)(O)OC[C@@H](O)COP(=O)(O)OC[C@@H](COC(=O)CCCCCCCCCCCCCC)OC(=O)CCCCCCCCCCCC(C)C. The van der Waals surface area contributed by atoms with E-state index < -0.39 is 97.5 Å². The van der Waals surface area contributed by atoms with E-state index in [2.05, 4.69) is 34.6 Å². The van der Waals surface area contributed by atoms with Crippen LogP contribution in [0.3, 0.4) is 0 Å². The molecule has 0 amide bonds. The van der Waals surface area contributed by atoms with Gasteiger partial charge in [-0.2, -0.15) is 0 Å². The van der Waals surface area contributed by atoms with Crippen LogP contribution in [0, 0.1) is 5.92 Å². The average molecular weight is 1410 g/mol. The van der Waals surface area contributed by atoms with E-state index >= 15 is 0 Å². The molecule has 570 valence electrons. The molecule has 2 unspecified atom stereocenters. The molecule has 0 aliphatic rings. The zero-order valence-corrected chi connectivity index (χ0v) is 64.3. The van der Waals surface area contributed by atoms with E-state index in [1.807, 2.05) is 0 Å². The van der Waals surface area contributed by atoms with Gasteiger partial charge in [0.2, 0.25) is 0 Å². The van der Waals surface area contributed by atoms with Gasteiger partial charge >= 0.3 is 39.5 Å². The fourth-order valence-electron chi connectivity index (χ4n) is 11.9. The summed E-state index contributed by atoms with van der Waals surface area (Å²) in [7, 11) is -9.91. The maximum atomic E-state index is 13.1. The predicted molar refractivity (Wildman–Crippen MR) is 391 cm³/mol. The first kappa shape index (κ1) is 94.1. The lowest BCUT2D eigenvalue weighted by molar-refractivity contribution is -0.161. The van der Waals surface area contributed by atoms with Crippen molar-refractivity contribution in [3.8, 4) is 0 Å². The van der Waals surface area contributed by atoms with E-state index in [-0.39, 0.29) is 25.7 Å². The third-order valence-electron chi connectivity index (χ3n) is 18.0. The Bertz CT molecular complexity index is 1840. The van der Waals surface area contributed by atoms with Crippen LogP contribution in [0.4, 0.5) is 0 Å². The van der Waals surface area contributed by atoms with Crippen molar-refractivity contribution in [1.29, 1.82) is 0 Å². The number of carbonyl (C=O) groups is 4. The highest BCUT2D eigenvalue weighted by molar-refractivity contribution is 7.47. The van der Waals surface area contributed by atoms with Gasteiger partial charge in [0.25, 0.3) is 0 Å². The van der Waals surface area contributed by atoms with Gasteiger partial charge in [-0.1, -0.05) is 356 Å². The second-order valence-corrected chi connectivity index (χ2v) is 31.1. The molecule has 0 radical (unpaired) electrons. The van der Waals surface area contributed by atoms with Crippen LogP contribution in [0.15, 0.2) is 0 Å². The Morgan fingerprint density at radius 3 is 0.708 bits per heavy atom. The van der Waals surface area contributed by atoms with Crippen molar-refractivity contribution < 1.29 is 80.2 Å². The fourth-order valence-corrected chi connectivity index (χ4v) is 13.5. The quantitative estimate of drug-likeness (QED) is 0.0222. The van der Waals surface area contributed by atoms with Gasteiger partial charge in [0.05, 0.1) is 26.4 Å². The van der Waals surface area contributed by atoms with Crippen LogP contribution >= 0.6 is 15.6 Å². The number of esters is 4. The molecule has 0 saturated heterocycles. The Kier molecular flexibility index (Phi) is 68.7. The van der Waals surface area contributed by atoms with E-state index in [1.165, 1.54) is 231 Å². The molecule has 0 aromatic rings. The van der Waals surface area contributed by atoms with Gasteiger partial charge in [-0.25, -0.2) is 9.13 Å². The number of aliphatic hydroxyl groups is 1. The second kappa shape index (κ2) is 70.1. The van der Waals surface area contributed by atoms with Crippen molar-refractivity contribution in [2.24, 2.45) is 5.92 Å². The van der Waals surface area contributed by atoms with Crippen molar-refractivity contribution in [2.75, 3.05) is 39.6 Å². The highest BCUT2D eigenvalue weighted by Crippen LogP contribution is 2.45. The molecule has 0 heterocycles. The van der Waals surface area contributed by atoms with Gasteiger partial charge in [-0.05, 0) is 31.6 Å². The van der Waals surface area contributed by atoms with Crippen molar-refractivity contribution in [3.05, 3.63) is 0 Å². The largest absolute Gasteiger partial charge is 0.472 e. The third-order valence-corrected chi connectivity index (χ3v) is 19.9. The number of carbonyl (C=O) groups excluding carboxylic acids is 4. The molecule has 0 aromatic heterocycles. The number of hydrogen-bond acceptors (Lipinski definition) is 15. The Labute approximate surface area is 588 Å². The molecule has 0 spiro atoms. The Morgan fingerprint density at radius 1 is 0.281 bits per heavy atom. The topological polar surface area (TPSA) is 237 Å². The monoisotopic (exact) mass is 1410 g/mol. The molecule has 0 bridgehead atoms. The molecule has 0 aliphatic heterocycles. The van der Waals surface area contributed by atoms with Crippen LogP contribution in [0.2, 0.25) is 0 Å². The Balaban J connectivity index is 5.23. The highest BCUT2D eigenvalue weighted by atomic mass is 31.2. The van der Waals surface area contributed by atoms with Crippen molar-refractivity contribution in [1.82, 2.24) is 0 Å². The van der Waals surface area contributed by atoms with Crippen LogP contribution < -0.4 is 0 Å². The number of rotatable bonds is 77. The van der Waals surface area contributed by atoms with Gasteiger partial charge < -0.3 is 33.8 Å². The van der Waals surface area contributed by atoms with Gasteiger partial charge in [0.15, 0.2) is 12.2 Å². The summed E-state index contributed by atoms with van der Waals surface area (Å²) in [5.74, 6) is -1.37. The first-order valence-corrected chi connectivity index (χ1v) is 43.1. The number of hydrogen-bond donors (Lipinski definition) is 3. The minimum atomic E-state index is -4.96. The molecule has 17 nitrogen and oxygen atoms in total. The summed E-state index contributed by atoms with van der Waals surface area (Å²) >= 11 is 0. The molecule has 0 saturated carbocycles. The number of phosphoric acid groups is 2. The Hall–Kier alpha value is -1.94.